The van der Waals surface area contributed by atoms with Crippen LogP contribution in [0.25, 0.3) is 6.08 Å². The van der Waals surface area contributed by atoms with Crippen LogP contribution in [0.2, 0.25) is 0 Å². The SMILES string of the molecule is CCOP(=O)(OCC)[C@@H](NC(=O)/C=C/c1ccco1)c1ccccc1. The predicted molar refractivity (Wildman–Crippen MR) is 95.9 cm³/mol. The Kier molecular flexibility index (Phi) is 7.19. The molecule has 1 aromatic heterocycles. The van der Waals surface area contributed by atoms with Gasteiger partial charge in [0.2, 0.25) is 5.91 Å². The fourth-order valence-corrected chi connectivity index (χ4v) is 4.17. The van der Waals surface area contributed by atoms with E-state index in [0.29, 0.717) is 11.3 Å². The second-order valence-corrected chi connectivity index (χ2v) is 7.16. The van der Waals surface area contributed by atoms with E-state index in [1.54, 1.807) is 50.2 Å². The van der Waals surface area contributed by atoms with Crippen molar-refractivity contribution in [2.45, 2.75) is 19.6 Å². The van der Waals surface area contributed by atoms with E-state index in [1.165, 1.54) is 18.4 Å². The standard InChI is InChI=1S/C18H22NO5P/c1-3-23-25(21,24-4-2)18(15-9-6-5-7-10-15)19-17(20)13-12-16-11-8-14-22-16/h5-14,18H,3-4H2,1-2H3,(H,19,20)/b13-12+/t18-/m1/s1. The van der Waals surface area contributed by atoms with Crippen molar-refractivity contribution in [3.8, 4) is 0 Å². The van der Waals surface area contributed by atoms with Crippen LogP contribution in [0.5, 0.6) is 0 Å². The third-order valence-electron chi connectivity index (χ3n) is 3.27. The summed E-state index contributed by atoms with van der Waals surface area (Å²) in [5.74, 6) is -0.781. The molecule has 1 heterocycles. The molecule has 0 aliphatic heterocycles. The highest BCUT2D eigenvalue weighted by Gasteiger charge is 2.37. The zero-order chi connectivity index (χ0) is 18.1. The monoisotopic (exact) mass is 363 g/mol. The van der Waals surface area contributed by atoms with E-state index in [-0.39, 0.29) is 13.2 Å². The van der Waals surface area contributed by atoms with Crippen molar-refractivity contribution in [3.63, 3.8) is 0 Å². The van der Waals surface area contributed by atoms with Crippen molar-refractivity contribution in [2.24, 2.45) is 0 Å². The molecule has 1 atom stereocenters. The lowest BCUT2D eigenvalue weighted by molar-refractivity contribution is -0.116. The average Bonchev–Trinajstić information content (AvgIpc) is 3.12. The smallest absolute Gasteiger partial charge is 0.357 e. The molecule has 7 heteroatoms. The summed E-state index contributed by atoms with van der Waals surface area (Å²) in [6, 6.07) is 12.4. The van der Waals surface area contributed by atoms with Crippen LogP contribution in [0.15, 0.2) is 59.2 Å². The number of amides is 1. The minimum atomic E-state index is -3.58. The van der Waals surface area contributed by atoms with E-state index in [2.05, 4.69) is 5.32 Å². The maximum atomic E-state index is 13.2. The number of hydrogen-bond acceptors (Lipinski definition) is 5. The Morgan fingerprint density at radius 1 is 1.16 bits per heavy atom. The van der Waals surface area contributed by atoms with E-state index in [0.717, 1.165) is 0 Å². The van der Waals surface area contributed by atoms with Crippen LogP contribution >= 0.6 is 7.60 Å². The van der Waals surface area contributed by atoms with Crippen LogP contribution in [0.1, 0.15) is 31.0 Å². The van der Waals surface area contributed by atoms with Crippen LogP contribution in [-0.4, -0.2) is 19.1 Å². The first-order valence-electron chi connectivity index (χ1n) is 8.05. The summed E-state index contributed by atoms with van der Waals surface area (Å²) in [5, 5.41) is 2.73. The van der Waals surface area contributed by atoms with Crippen molar-refractivity contribution in [2.75, 3.05) is 13.2 Å². The van der Waals surface area contributed by atoms with Crippen LogP contribution < -0.4 is 5.32 Å². The maximum absolute atomic E-state index is 13.2. The largest absolute Gasteiger partial charge is 0.465 e. The zero-order valence-electron chi connectivity index (χ0n) is 14.3. The van der Waals surface area contributed by atoms with E-state index >= 15 is 0 Å². The van der Waals surface area contributed by atoms with Crippen molar-refractivity contribution in [1.29, 1.82) is 0 Å². The summed E-state index contributed by atoms with van der Waals surface area (Å²) in [7, 11) is -3.58. The molecule has 1 amide bonds. The minimum absolute atomic E-state index is 0.207. The molecule has 0 aliphatic rings. The lowest BCUT2D eigenvalue weighted by atomic mass is 10.2. The summed E-state index contributed by atoms with van der Waals surface area (Å²) >= 11 is 0. The van der Waals surface area contributed by atoms with Crippen LogP contribution in [-0.2, 0) is 18.4 Å². The first-order valence-corrected chi connectivity index (χ1v) is 9.66. The summed E-state index contributed by atoms with van der Waals surface area (Å²) in [6.07, 6.45) is 4.36. The number of carbonyl (C=O) groups is 1. The molecule has 0 bridgehead atoms. The zero-order valence-corrected chi connectivity index (χ0v) is 15.1. The quantitative estimate of drug-likeness (QED) is 0.529. The average molecular weight is 363 g/mol. The molecular weight excluding hydrogens is 341 g/mol. The molecule has 0 fully saturated rings. The first kappa shape index (κ1) is 19.2. The Balaban J connectivity index is 2.25. The number of nitrogens with one attached hydrogen (secondary N) is 1. The van der Waals surface area contributed by atoms with Gasteiger partial charge in [-0.1, -0.05) is 30.3 Å². The molecule has 0 saturated heterocycles. The summed E-state index contributed by atoms with van der Waals surface area (Å²) in [6.45, 7) is 3.87. The summed E-state index contributed by atoms with van der Waals surface area (Å²) in [5.41, 5.74) is 0.646. The molecular formula is C18H22NO5P. The van der Waals surface area contributed by atoms with E-state index in [9.17, 15) is 9.36 Å². The Hall–Kier alpha value is -2.14. The third-order valence-corrected chi connectivity index (χ3v) is 5.57. The Bertz CT molecular complexity index is 717. The Labute approximate surface area is 147 Å². The van der Waals surface area contributed by atoms with Gasteiger partial charge < -0.3 is 18.8 Å². The first-order chi connectivity index (χ1) is 12.1. The number of benzene rings is 1. The summed E-state index contributed by atoms with van der Waals surface area (Å²) < 4.78 is 29.2. The van der Waals surface area contributed by atoms with Gasteiger partial charge in [-0.3, -0.25) is 9.36 Å². The number of carbonyl (C=O) groups excluding carboxylic acids is 1. The van der Waals surface area contributed by atoms with Gasteiger partial charge in [-0.15, -0.1) is 0 Å². The van der Waals surface area contributed by atoms with Crippen molar-refractivity contribution in [3.05, 3.63) is 66.1 Å². The van der Waals surface area contributed by atoms with Crippen molar-refractivity contribution < 1.29 is 22.8 Å². The number of hydrogen-bond donors (Lipinski definition) is 1. The highest BCUT2D eigenvalue weighted by Crippen LogP contribution is 2.59. The topological polar surface area (TPSA) is 77.8 Å². The van der Waals surface area contributed by atoms with Gasteiger partial charge in [0.1, 0.15) is 5.76 Å². The molecule has 2 aromatic rings. The Morgan fingerprint density at radius 3 is 2.40 bits per heavy atom. The highest BCUT2D eigenvalue weighted by atomic mass is 31.2. The van der Waals surface area contributed by atoms with Crippen LogP contribution in [0.4, 0.5) is 0 Å². The molecule has 134 valence electrons. The van der Waals surface area contributed by atoms with Crippen molar-refractivity contribution >= 4 is 19.6 Å². The molecule has 1 N–H and O–H groups in total. The fraction of sp³-hybridized carbons (Fsp3) is 0.278. The molecule has 0 spiro atoms. The van der Waals surface area contributed by atoms with Gasteiger partial charge in [-0.05, 0) is 37.6 Å². The van der Waals surface area contributed by atoms with E-state index in [4.69, 9.17) is 13.5 Å². The molecule has 1 aromatic carbocycles. The van der Waals surface area contributed by atoms with E-state index < -0.39 is 19.3 Å². The van der Waals surface area contributed by atoms with Crippen LogP contribution in [0.3, 0.4) is 0 Å². The van der Waals surface area contributed by atoms with E-state index in [1.807, 2.05) is 6.07 Å². The van der Waals surface area contributed by atoms with Gasteiger partial charge in [0.05, 0.1) is 19.5 Å². The lowest BCUT2D eigenvalue weighted by Gasteiger charge is -2.27. The van der Waals surface area contributed by atoms with Gasteiger partial charge in [-0.2, -0.15) is 0 Å². The van der Waals surface area contributed by atoms with Gasteiger partial charge in [0.15, 0.2) is 5.78 Å². The Morgan fingerprint density at radius 2 is 1.84 bits per heavy atom. The van der Waals surface area contributed by atoms with Gasteiger partial charge in [0.25, 0.3) is 0 Å². The number of furan rings is 1. The molecule has 0 aliphatic carbocycles. The molecule has 25 heavy (non-hydrogen) atoms. The maximum Gasteiger partial charge on any atom is 0.357 e. The second-order valence-electron chi connectivity index (χ2n) is 5.05. The molecule has 0 radical (unpaired) electrons. The van der Waals surface area contributed by atoms with Crippen LogP contribution in [0, 0.1) is 0 Å². The molecule has 0 unspecified atom stereocenters. The van der Waals surface area contributed by atoms with Gasteiger partial charge >= 0.3 is 7.60 Å². The van der Waals surface area contributed by atoms with Crippen molar-refractivity contribution in [1.82, 2.24) is 5.32 Å². The van der Waals surface area contributed by atoms with Gasteiger partial charge in [0, 0.05) is 6.08 Å². The molecule has 0 saturated carbocycles. The molecule has 6 nitrogen and oxygen atoms in total. The highest BCUT2D eigenvalue weighted by molar-refractivity contribution is 7.54. The predicted octanol–water partition coefficient (Wildman–Crippen LogP) is 4.37. The summed E-state index contributed by atoms with van der Waals surface area (Å²) in [4.78, 5) is 12.3. The second kappa shape index (κ2) is 9.37. The number of rotatable bonds is 9. The third kappa shape index (κ3) is 5.43. The fourth-order valence-electron chi connectivity index (χ4n) is 2.25. The minimum Gasteiger partial charge on any atom is -0.465 e. The normalized spacial score (nSPS) is 13.0. The lowest BCUT2D eigenvalue weighted by Crippen LogP contribution is -2.28. The van der Waals surface area contributed by atoms with Gasteiger partial charge in [-0.25, -0.2) is 0 Å². The molecule has 2 rings (SSSR count).